The Kier molecular flexibility index (Phi) is 9.59. The number of nitrogens with one attached hydrogen (secondary N) is 1. The molecule has 0 aromatic heterocycles. The molecule has 0 aromatic rings. The van der Waals surface area contributed by atoms with Gasteiger partial charge in [-0.3, -0.25) is 4.79 Å². The van der Waals surface area contributed by atoms with Crippen molar-refractivity contribution in [1.82, 2.24) is 5.32 Å². The Balaban J connectivity index is 1.94. The number of fused-ring (bicyclic) bond motifs is 2. The Morgan fingerprint density at radius 2 is 1.80 bits per heavy atom. The maximum atomic E-state index is 13.0. The summed E-state index contributed by atoms with van der Waals surface area (Å²) in [5, 5.41) is 25.6. The second-order valence-corrected chi connectivity index (χ2v) is 11.1. The molecule has 204 valence electrons. The van der Waals surface area contributed by atoms with E-state index in [9.17, 15) is 15.0 Å². The van der Waals surface area contributed by atoms with Crippen LogP contribution in [0.1, 0.15) is 53.9 Å². The number of aliphatic hydroxyl groups excluding tert-OH is 1. The van der Waals surface area contributed by atoms with E-state index in [1.165, 1.54) is 0 Å². The van der Waals surface area contributed by atoms with Crippen molar-refractivity contribution >= 4 is 5.97 Å². The first kappa shape index (κ1) is 28.7. The zero-order valence-electron chi connectivity index (χ0n) is 22.2. The van der Waals surface area contributed by atoms with Crippen molar-refractivity contribution in [2.24, 2.45) is 11.8 Å². The molecule has 3 fully saturated rings. The molecule has 0 radical (unpaired) electrons. The average Bonchev–Trinajstić information content (AvgIpc) is 2.83. The Hall–Kier alpha value is -0.850. The molecule has 3 aliphatic rings. The summed E-state index contributed by atoms with van der Waals surface area (Å²) in [6, 6.07) is -0.212. The summed E-state index contributed by atoms with van der Waals surface area (Å²) < 4.78 is 35.6. The third kappa shape index (κ3) is 6.93. The largest absolute Gasteiger partial charge is 0.463 e. The molecule has 10 nitrogen and oxygen atoms in total. The van der Waals surface area contributed by atoms with Crippen molar-refractivity contribution in [2.45, 2.75) is 108 Å². The number of esters is 1. The first-order valence-electron chi connectivity index (χ1n) is 12.7. The van der Waals surface area contributed by atoms with E-state index in [-0.39, 0.29) is 37.7 Å². The Bertz CT molecular complexity index is 706. The van der Waals surface area contributed by atoms with E-state index in [1.807, 2.05) is 13.8 Å². The highest BCUT2D eigenvalue weighted by Crippen LogP contribution is 2.36. The highest BCUT2D eigenvalue weighted by Gasteiger charge is 2.48. The third-order valence-electron chi connectivity index (χ3n) is 7.80. The van der Waals surface area contributed by atoms with Gasteiger partial charge in [0.15, 0.2) is 6.29 Å². The van der Waals surface area contributed by atoms with Crippen LogP contribution in [-0.4, -0.2) is 104 Å². The van der Waals surface area contributed by atoms with Crippen LogP contribution in [0.2, 0.25) is 0 Å². The number of cyclic esters (lactones) is 1. The lowest BCUT2D eigenvalue weighted by Gasteiger charge is -2.45. The predicted octanol–water partition coefficient (Wildman–Crippen LogP) is 1.00. The fraction of sp³-hybridized carbons (Fsp3) is 0.960. The molecule has 3 heterocycles. The van der Waals surface area contributed by atoms with E-state index >= 15 is 0 Å². The topological polar surface area (TPSA) is 125 Å². The maximum Gasteiger partial charge on any atom is 0.311 e. The number of rotatable bonds is 4. The van der Waals surface area contributed by atoms with Crippen molar-refractivity contribution in [1.29, 1.82) is 0 Å². The minimum Gasteiger partial charge on any atom is -0.463 e. The van der Waals surface area contributed by atoms with Gasteiger partial charge in [0.25, 0.3) is 0 Å². The molecule has 10 heteroatoms. The van der Waals surface area contributed by atoms with Gasteiger partial charge in [0, 0.05) is 33.1 Å². The number of hydrogen-bond donors (Lipinski definition) is 3. The molecule has 3 saturated heterocycles. The van der Waals surface area contributed by atoms with Crippen molar-refractivity contribution in [2.75, 3.05) is 34.0 Å². The van der Waals surface area contributed by atoms with E-state index in [4.69, 9.17) is 28.4 Å². The number of carbonyl (C=O) groups is 1. The minimum atomic E-state index is -1.07. The fourth-order valence-electron chi connectivity index (χ4n) is 5.57. The fourth-order valence-corrected chi connectivity index (χ4v) is 5.57. The first-order chi connectivity index (χ1) is 16.4. The lowest BCUT2D eigenvalue weighted by molar-refractivity contribution is -0.286. The van der Waals surface area contributed by atoms with E-state index in [1.54, 1.807) is 28.1 Å². The lowest BCUT2D eigenvalue weighted by Crippen LogP contribution is -2.57. The molecular weight excluding hydrogens is 458 g/mol. The predicted molar refractivity (Wildman–Crippen MR) is 127 cm³/mol. The van der Waals surface area contributed by atoms with Crippen molar-refractivity contribution < 1.29 is 43.4 Å². The van der Waals surface area contributed by atoms with Crippen LogP contribution in [0.15, 0.2) is 0 Å². The SMILES string of the molecule is COC1COC(O[C@@H]2C(C)C(=O)OCC(O)C3O[C@@H]2C[C@](C)(O)C[C@@H](C)CNC3C)C[C@@]1(C)OC. The van der Waals surface area contributed by atoms with Crippen LogP contribution in [0.5, 0.6) is 0 Å². The molecule has 35 heavy (non-hydrogen) atoms. The summed E-state index contributed by atoms with van der Waals surface area (Å²) in [5.41, 5.74) is -1.72. The molecular formula is C25H45NO9. The Morgan fingerprint density at radius 3 is 2.46 bits per heavy atom. The van der Waals surface area contributed by atoms with Gasteiger partial charge < -0.3 is 44.0 Å². The van der Waals surface area contributed by atoms with Crippen LogP contribution in [0.4, 0.5) is 0 Å². The quantitative estimate of drug-likeness (QED) is 0.479. The van der Waals surface area contributed by atoms with Gasteiger partial charge in [-0.2, -0.15) is 0 Å². The Labute approximate surface area is 208 Å². The molecule has 0 aromatic carbocycles. The van der Waals surface area contributed by atoms with Crippen LogP contribution in [0, 0.1) is 11.8 Å². The summed E-state index contributed by atoms with van der Waals surface area (Å²) >= 11 is 0. The maximum absolute atomic E-state index is 13.0. The molecule has 0 spiro atoms. The van der Waals surface area contributed by atoms with Crippen LogP contribution in [0.25, 0.3) is 0 Å². The molecule has 11 atom stereocenters. The number of hydrogen-bond acceptors (Lipinski definition) is 10. The van der Waals surface area contributed by atoms with Gasteiger partial charge in [0.05, 0.1) is 35.9 Å². The van der Waals surface area contributed by atoms with E-state index in [0.717, 1.165) is 0 Å². The summed E-state index contributed by atoms with van der Waals surface area (Å²) in [4.78, 5) is 13.0. The second-order valence-electron chi connectivity index (χ2n) is 11.1. The van der Waals surface area contributed by atoms with E-state index in [0.29, 0.717) is 19.4 Å². The number of aliphatic hydroxyl groups is 2. The number of ether oxygens (including phenoxy) is 6. The normalized spacial score (nSPS) is 48.3. The summed E-state index contributed by atoms with van der Waals surface area (Å²) in [7, 11) is 3.23. The zero-order valence-corrected chi connectivity index (χ0v) is 22.2. The molecule has 3 aliphatic heterocycles. The van der Waals surface area contributed by atoms with Gasteiger partial charge in [0.2, 0.25) is 0 Å². The minimum absolute atomic E-state index is 0.178. The highest BCUT2D eigenvalue weighted by atomic mass is 16.7. The third-order valence-corrected chi connectivity index (χ3v) is 7.80. The molecule has 0 aliphatic carbocycles. The van der Waals surface area contributed by atoms with Crippen molar-refractivity contribution in [3.05, 3.63) is 0 Å². The summed E-state index contributed by atoms with van der Waals surface area (Å²) in [6.07, 6.45) is -2.98. The van der Waals surface area contributed by atoms with Gasteiger partial charge >= 0.3 is 5.97 Å². The van der Waals surface area contributed by atoms with Crippen LogP contribution < -0.4 is 5.32 Å². The summed E-state index contributed by atoms with van der Waals surface area (Å²) in [6.45, 7) is 10.2. The van der Waals surface area contributed by atoms with Crippen LogP contribution in [-0.2, 0) is 33.2 Å². The van der Waals surface area contributed by atoms with Gasteiger partial charge in [-0.05, 0) is 46.6 Å². The lowest BCUT2D eigenvalue weighted by atomic mass is 9.84. The van der Waals surface area contributed by atoms with E-state index in [2.05, 4.69) is 12.2 Å². The van der Waals surface area contributed by atoms with Crippen LogP contribution >= 0.6 is 0 Å². The zero-order chi connectivity index (χ0) is 26.0. The summed E-state index contributed by atoms with van der Waals surface area (Å²) in [5.74, 6) is -1.02. The molecule has 0 saturated carbocycles. The molecule has 3 N–H and O–H groups in total. The van der Waals surface area contributed by atoms with Crippen LogP contribution in [0.3, 0.4) is 0 Å². The first-order valence-corrected chi connectivity index (χ1v) is 12.7. The monoisotopic (exact) mass is 503 g/mol. The second kappa shape index (κ2) is 11.7. The van der Waals surface area contributed by atoms with Crippen molar-refractivity contribution in [3.8, 4) is 0 Å². The van der Waals surface area contributed by atoms with Crippen molar-refractivity contribution in [3.63, 3.8) is 0 Å². The smallest absolute Gasteiger partial charge is 0.311 e. The van der Waals surface area contributed by atoms with Gasteiger partial charge in [-0.15, -0.1) is 0 Å². The molecule has 0 amide bonds. The number of methoxy groups -OCH3 is 2. The molecule has 3 rings (SSSR count). The van der Waals surface area contributed by atoms with E-state index < -0.39 is 53.8 Å². The molecule has 6 unspecified atom stereocenters. The van der Waals surface area contributed by atoms with Gasteiger partial charge in [-0.1, -0.05) is 6.92 Å². The highest BCUT2D eigenvalue weighted by molar-refractivity contribution is 5.72. The number of carbonyl (C=O) groups excluding carboxylic acids is 1. The standard InChI is InChI=1S/C25H45NO9/c1-14-8-24(4,29)9-18-21(35-20-10-25(5,31-7)19(30-6)13-32-20)15(2)23(28)33-12-17(27)22(34-18)16(3)26-11-14/h14-22,26-27,29H,8-13H2,1-7H3/t14-,15?,16?,17?,18-,19?,20?,21-,22?,24-,25-/m1/s1. The van der Waals surface area contributed by atoms with Gasteiger partial charge in [0.1, 0.15) is 24.9 Å². The average molecular weight is 504 g/mol. The Morgan fingerprint density at radius 1 is 1.09 bits per heavy atom. The van der Waals surface area contributed by atoms with Gasteiger partial charge in [-0.25, -0.2) is 0 Å². The molecule has 2 bridgehead atoms.